The van der Waals surface area contributed by atoms with Gasteiger partial charge in [-0.05, 0) is 32.8 Å². The molecule has 2 unspecified atom stereocenters. The van der Waals surface area contributed by atoms with Crippen LogP contribution in [-0.4, -0.2) is 29.3 Å². The number of halogens is 1. The molecule has 0 bridgehead atoms. The molecule has 1 aliphatic heterocycles. The summed E-state index contributed by atoms with van der Waals surface area (Å²) in [5.74, 6) is 0.665. The van der Waals surface area contributed by atoms with Gasteiger partial charge in [0.1, 0.15) is 6.10 Å². The van der Waals surface area contributed by atoms with Crippen LogP contribution in [0.4, 0.5) is 0 Å². The van der Waals surface area contributed by atoms with E-state index in [9.17, 15) is 0 Å². The third kappa shape index (κ3) is 4.31. The fraction of sp³-hybridized carbons (Fsp3) is 0.688. The Labute approximate surface area is 131 Å². The van der Waals surface area contributed by atoms with Crippen LogP contribution in [0.1, 0.15) is 45.2 Å². The van der Waals surface area contributed by atoms with Gasteiger partial charge < -0.3 is 14.8 Å². The molecule has 4 nitrogen and oxygen atoms in total. The Morgan fingerprint density at radius 1 is 1.29 bits per heavy atom. The van der Waals surface area contributed by atoms with Gasteiger partial charge in [-0.25, -0.2) is 4.98 Å². The van der Waals surface area contributed by atoms with E-state index in [-0.39, 0.29) is 18.3 Å². The van der Waals surface area contributed by atoms with Gasteiger partial charge in [0, 0.05) is 31.5 Å². The Kier molecular flexibility index (Phi) is 4.67. The molecule has 0 radical (unpaired) electrons. The molecule has 1 aliphatic carbocycles. The van der Waals surface area contributed by atoms with Crippen molar-refractivity contribution in [1.82, 2.24) is 10.3 Å². The normalized spacial score (nSPS) is 29.4. The Morgan fingerprint density at radius 2 is 2.00 bits per heavy atom. The van der Waals surface area contributed by atoms with Crippen molar-refractivity contribution in [1.29, 1.82) is 0 Å². The van der Waals surface area contributed by atoms with Gasteiger partial charge in [-0.1, -0.05) is 11.6 Å². The van der Waals surface area contributed by atoms with Crippen LogP contribution in [0.3, 0.4) is 0 Å². The molecule has 21 heavy (non-hydrogen) atoms. The molecule has 2 fully saturated rings. The first-order valence-corrected chi connectivity index (χ1v) is 8.19. The number of hydrogen-bond acceptors (Lipinski definition) is 4. The van der Waals surface area contributed by atoms with Crippen molar-refractivity contribution in [3.8, 4) is 5.88 Å². The summed E-state index contributed by atoms with van der Waals surface area (Å²) in [5, 5.41) is 4.13. The average molecular weight is 311 g/mol. The molecule has 0 amide bonds. The zero-order valence-electron chi connectivity index (χ0n) is 12.6. The Balaban J connectivity index is 1.62. The Morgan fingerprint density at radius 3 is 2.67 bits per heavy atom. The van der Waals surface area contributed by atoms with E-state index in [4.69, 9.17) is 21.1 Å². The summed E-state index contributed by atoms with van der Waals surface area (Å²) >= 11 is 6.21. The lowest BCUT2D eigenvalue weighted by atomic mass is 10.0. The van der Waals surface area contributed by atoms with E-state index in [2.05, 4.69) is 24.1 Å². The highest BCUT2D eigenvalue weighted by atomic mass is 35.5. The number of ether oxygens (including phenoxy) is 2. The van der Waals surface area contributed by atoms with Gasteiger partial charge in [0.25, 0.3) is 0 Å². The van der Waals surface area contributed by atoms with Crippen molar-refractivity contribution in [3.63, 3.8) is 0 Å². The summed E-state index contributed by atoms with van der Waals surface area (Å²) in [6, 6.07) is 4.37. The lowest BCUT2D eigenvalue weighted by molar-refractivity contribution is -0.0729. The van der Waals surface area contributed by atoms with Gasteiger partial charge in [0.05, 0.1) is 22.9 Å². The molecule has 0 aromatic carbocycles. The third-order valence-electron chi connectivity index (χ3n) is 3.97. The minimum Gasteiger partial charge on any atom is -0.474 e. The highest BCUT2D eigenvalue weighted by Crippen LogP contribution is 2.26. The zero-order valence-corrected chi connectivity index (χ0v) is 13.4. The third-order valence-corrected chi connectivity index (χ3v) is 4.31. The second-order valence-corrected chi connectivity index (χ2v) is 6.61. The first-order valence-electron chi connectivity index (χ1n) is 7.81. The molecule has 5 heteroatoms. The molecular weight excluding hydrogens is 288 g/mol. The smallest absolute Gasteiger partial charge is 0.213 e. The van der Waals surface area contributed by atoms with Crippen LogP contribution in [-0.2, 0) is 11.3 Å². The van der Waals surface area contributed by atoms with E-state index >= 15 is 0 Å². The van der Waals surface area contributed by atoms with Crippen molar-refractivity contribution in [2.24, 2.45) is 0 Å². The fourth-order valence-corrected chi connectivity index (χ4v) is 2.97. The molecule has 1 aromatic rings. The van der Waals surface area contributed by atoms with Crippen LogP contribution >= 0.6 is 11.6 Å². The van der Waals surface area contributed by atoms with E-state index in [1.807, 2.05) is 12.1 Å². The quantitative estimate of drug-likeness (QED) is 0.906. The van der Waals surface area contributed by atoms with Gasteiger partial charge in [0.15, 0.2) is 0 Å². The van der Waals surface area contributed by atoms with Gasteiger partial charge >= 0.3 is 0 Å². The fourth-order valence-electron chi connectivity index (χ4n) is 2.79. The predicted molar refractivity (Wildman–Crippen MR) is 82.8 cm³/mol. The predicted octanol–water partition coefficient (Wildman–Crippen LogP) is 3.32. The van der Waals surface area contributed by atoms with Crippen LogP contribution in [0.15, 0.2) is 12.1 Å². The summed E-state index contributed by atoms with van der Waals surface area (Å²) in [7, 11) is 0. The topological polar surface area (TPSA) is 43.4 Å². The molecule has 3 rings (SSSR count). The largest absolute Gasteiger partial charge is 0.474 e. The van der Waals surface area contributed by atoms with Crippen LogP contribution < -0.4 is 10.1 Å². The monoisotopic (exact) mass is 310 g/mol. The van der Waals surface area contributed by atoms with E-state index in [0.29, 0.717) is 23.5 Å². The van der Waals surface area contributed by atoms with Crippen LogP contribution in [0, 0.1) is 0 Å². The standard InChI is InChI=1S/C16H23ClN2O2/c1-10-7-13(8-11(2)20-10)21-16-6-5-14(17)15(19-16)9-18-12-3-4-12/h5-6,10-13,18H,3-4,7-9H2,1-2H3. The van der Waals surface area contributed by atoms with E-state index in [0.717, 1.165) is 18.5 Å². The average Bonchev–Trinajstić information content (AvgIpc) is 3.22. The minimum absolute atomic E-state index is 0.168. The van der Waals surface area contributed by atoms with Crippen LogP contribution in [0.5, 0.6) is 5.88 Å². The van der Waals surface area contributed by atoms with Gasteiger partial charge in [-0.15, -0.1) is 0 Å². The molecule has 2 heterocycles. The summed E-state index contributed by atoms with van der Waals surface area (Å²) in [6.45, 7) is 4.89. The van der Waals surface area contributed by atoms with E-state index in [1.165, 1.54) is 12.8 Å². The summed E-state index contributed by atoms with van der Waals surface area (Å²) in [5.41, 5.74) is 0.870. The van der Waals surface area contributed by atoms with E-state index in [1.54, 1.807) is 0 Å². The number of nitrogens with one attached hydrogen (secondary N) is 1. The molecule has 1 N–H and O–H groups in total. The maximum Gasteiger partial charge on any atom is 0.213 e. The minimum atomic E-state index is 0.168. The summed E-state index contributed by atoms with van der Waals surface area (Å²) in [6.07, 6.45) is 4.97. The van der Waals surface area contributed by atoms with E-state index < -0.39 is 0 Å². The van der Waals surface area contributed by atoms with Crippen LogP contribution in [0.2, 0.25) is 5.02 Å². The number of aromatic nitrogens is 1. The molecule has 116 valence electrons. The number of pyridine rings is 1. The van der Waals surface area contributed by atoms with Crippen molar-refractivity contribution < 1.29 is 9.47 Å². The molecule has 1 saturated heterocycles. The zero-order chi connectivity index (χ0) is 14.8. The lowest BCUT2D eigenvalue weighted by Crippen LogP contribution is -2.35. The van der Waals surface area contributed by atoms with Gasteiger partial charge in [0.2, 0.25) is 5.88 Å². The molecule has 1 saturated carbocycles. The summed E-state index contributed by atoms with van der Waals surface area (Å²) in [4.78, 5) is 4.56. The number of hydrogen-bond donors (Lipinski definition) is 1. The van der Waals surface area contributed by atoms with Crippen molar-refractivity contribution in [2.45, 2.75) is 70.4 Å². The maximum atomic E-state index is 6.21. The maximum absolute atomic E-state index is 6.21. The van der Waals surface area contributed by atoms with Crippen molar-refractivity contribution >= 4 is 11.6 Å². The second-order valence-electron chi connectivity index (χ2n) is 6.20. The molecule has 2 atom stereocenters. The molecule has 1 aromatic heterocycles. The first-order chi connectivity index (χ1) is 10.1. The highest BCUT2D eigenvalue weighted by molar-refractivity contribution is 6.31. The van der Waals surface area contributed by atoms with Gasteiger partial charge in [-0.3, -0.25) is 0 Å². The first kappa shape index (κ1) is 15.1. The highest BCUT2D eigenvalue weighted by Gasteiger charge is 2.26. The van der Waals surface area contributed by atoms with Crippen molar-refractivity contribution in [2.75, 3.05) is 0 Å². The summed E-state index contributed by atoms with van der Waals surface area (Å²) < 4.78 is 11.8. The Hall–Kier alpha value is -0.840. The second kappa shape index (κ2) is 6.51. The SMILES string of the molecule is CC1CC(Oc2ccc(Cl)c(CNC3CC3)n2)CC(C)O1. The number of rotatable bonds is 5. The lowest BCUT2D eigenvalue weighted by Gasteiger charge is -2.32. The number of nitrogens with zero attached hydrogens (tertiary/aromatic N) is 1. The van der Waals surface area contributed by atoms with Crippen LogP contribution in [0.25, 0.3) is 0 Å². The molecular formula is C16H23ClN2O2. The molecule has 0 spiro atoms. The van der Waals surface area contributed by atoms with Crippen molar-refractivity contribution in [3.05, 3.63) is 22.8 Å². The molecule has 2 aliphatic rings. The Bertz CT molecular complexity index is 483. The van der Waals surface area contributed by atoms with Gasteiger partial charge in [-0.2, -0.15) is 0 Å².